The fraction of sp³-hybridized carbons (Fsp3) is 1.00. The van der Waals surface area contributed by atoms with Gasteiger partial charge in [0.25, 0.3) is 0 Å². The smallest absolute Gasteiger partial charge is 0.138 e. The highest BCUT2D eigenvalue weighted by Crippen LogP contribution is 2.13. The molecule has 70 valence electrons. The highest BCUT2D eigenvalue weighted by molar-refractivity contribution is 4.96. The third-order valence-electron chi connectivity index (χ3n) is 2.06. The predicted molar refractivity (Wildman–Crippen MR) is 40.5 cm³/mol. The summed E-state index contributed by atoms with van der Waals surface area (Å²) in [4.78, 5) is 10.2. The monoisotopic (exact) mass is 176 g/mol. The SMILES string of the molecule is O=NC1C(CO)NC[C@@H](O)C1O. The molecule has 4 atom stereocenters. The Morgan fingerprint density at radius 3 is 2.67 bits per heavy atom. The molecular weight excluding hydrogens is 164 g/mol. The van der Waals surface area contributed by atoms with Crippen molar-refractivity contribution in [2.45, 2.75) is 24.3 Å². The van der Waals surface area contributed by atoms with E-state index < -0.39 is 24.3 Å². The van der Waals surface area contributed by atoms with E-state index in [2.05, 4.69) is 10.5 Å². The molecule has 6 nitrogen and oxygen atoms in total. The number of piperidine rings is 1. The van der Waals surface area contributed by atoms with Crippen molar-refractivity contribution < 1.29 is 15.3 Å². The highest BCUT2D eigenvalue weighted by Gasteiger charge is 2.38. The summed E-state index contributed by atoms with van der Waals surface area (Å²) < 4.78 is 0. The number of aliphatic hydroxyl groups is 3. The van der Waals surface area contributed by atoms with Gasteiger partial charge in [0.2, 0.25) is 0 Å². The Labute approximate surface area is 69.2 Å². The Balaban J connectivity index is 2.64. The van der Waals surface area contributed by atoms with E-state index in [0.29, 0.717) is 0 Å². The van der Waals surface area contributed by atoms with Crippen LogP contribution in [0.5, 0.6) is 0 Å². The molecule has 0 aromatic rings. The average molecular weight is 176 g/mol. The first-order valence-electron chi connectivity index (χ1n) is 3.73. The summed E-state index contributed by atoms with van der Waals surface area (Å²) in [5.74, 6) is 0. The third kappa shape index (κ3) is 1.61. The standard InChI is InChI=1S/C6H12N2O4/c9-2-3-5(8-12)6(11)4(10)1-7-3/h3-7,9-11H,1-2H2/t3?,4-,5?,6?/m1/s1. The number of hydrogen-bond acceptors (Lipinski definition) is 6. The summed E-state index contributed by atoms with van der Waals surface area (Å²) in [6.07, 6.45) is -2.17. The molecule has 1 rings (SSSR count). The molecule has 0 bridgehead atoms. The van der Waals surface area contributed by atoms with Gasteiger partial charge >= 0.3 is 0 Å². The Morgan fingerprint density at radius 2 is 2.17 bits per heavy atom. The van der Waals surface area contributed by atoms with E-state index in [9.17, 15) is 10.0 Å². The quantitative estimate of drug-likeness (QED) is 0.358. The second-order valence-corrected chi connectivity index (χ2v) is 2.85. The van der Waals surface area contributed by atoms with Crippen molar-refractivity contribution in [1.82, 2.24) is 5.32 Å². The van der Waals surface area contributed by atoms with Crippen molar-refractivity contribution in [1.29, 1.82) is 0 Å². The lowest BCUT2D eigenvalue weighted by Gasteiger charge is -2.33. The maximum Gasteiger partial charge on any atom is 0.138 e. The van der Waals surface area contributed by atoms with Crippen molar-refractivity contribution in [2.75, 3.05) is 13.2 Å². The van der Waals surface area contributed by atoms with Crippen LogP contribution in [0, 0.1) is 4.91 Å². The van der Waals surface area contributed by atoms with Gasteiger partial charge < -0.3 is 20.6 Å². The van der Waals surface area contributed by atoms with Gasteiger partial charge in [0.05, 0.1) is 18.8 Å². The van der Waals surface area contributed by atoms with Gasteiger partial charge in [-0.25, -0.2) is 0 Å². The van der Waals surface area contributed by atoms with Crippen molar-refractivity contribution >= 4 is 0 Å². The van der Waals surface area contributed by atoms with Crippen LogP contribution in [-0.2, 0) is 0 Å². The van der Waals surface area contributed by atoms with Crippen LogP contribution in [0.4, 0.5) is 0 Å². The number of aliphatic hydroxyl groups excluding tert-OH is 3. The van der Waals surface area contributed by atoms with E-state index >= 15 is 0 Å². The molecule has 6 heteroatoms. The molecule has 0 saturated carbocycles. The predicted octanol–water partition coefficient (Wildman–Crippen LogP) is -2.19. The zero-order chi connectivity index (χ0) is 9.14. The van der Waals surface area contributed by atoms with Crippen LogP contribution in [0.15, 0.2) is 5.18 Å². The maximum atomic E-state index is 10.2. The van der Waals surface area contributed by atoms with Gasteiger partial charge in [-0.3, -0.25) is 0 Å². The molecule has 12 heavy (non-hydrogen) atoms. The average Bonchev–Trinajstić information content (AvgIpc) is 2.09. The van der Waals surface area contributed by atoms with Gasteiger partial charge in [-0.1, -0.05) is 5.18 Å². The minimum Gasteiger partial charge on any atom is -0.395 e. The summed E-state index contributed by atoms with van der Waals surface area (Å²) >= 11 is 0. The number of hydrogen-bond donors (Lipinski definition) is 4. The third-order valence-corrected chi connectivity index (χ3v) is 2.06. The molecule has 1 saturated heterocycles. The Bertz CT molecular complexity index is 164. The molecule has 0 spiro atoms. The summed E-state index contributed by atoms with van der Waals surface area (Å²) in [5.41, 5.74) is 0. The molecule has 1 heterocycles. The molecule has 1 fully saturated rings. The topological polar surface area (TPSA) is 102 Å². The lowest BCUT2D eigenvalue weighted by atomic mass is 9.95. The van der Waals surface area contributed by atoms with Gasteiger partial charge in [0.15, 0.2) is 0 Å². The van der Waals surface area contributed by atoms with Crippen LogP contribution in [0.25, 0.3) is 0 Å². The molecule has 3 unspecified atom stereocenters. The van der Waals surface area contributed by atoms with Gasteiger partial charge in [-0.05, 0) is 0 Å². The summed E-state index contributed by atoms with van der Waals surface area (Å²) in [6, 6.07) is -1.53. The molecule has 4 N–H and O–H groups in total. The first-order chi connectivity index (χ1) is 5.70. The van der Waals surface area contributed by atoms with Gasteiger partial charge in [-0.2, -0.15) is 4.91 Å². The summed E-state index contributed by atoms with van der Waals surface area (Å²) in [6.45, 7) is -0.112. The molecule has 1 aliphatic heterocycles. The summed E-state index contributed by atoms with van der Waals surface area (Å²) in [5, 5.41) is 32.4. The molecule has 0 aromatic heterocycles. The van der Waals surface area contributed by atoms with Crippen LogP contribution < -0.4 is 5.32 Å². The molecular formula is C6H12N2O4. The molecule has 0 aromatic carbocycles. The van der Waals surface area contributed by atoms with E-state index in [1.54, 1.807) is 0 Å². The molecule has 0 amide bonds. The number of β-amino-alcohol motifs (C(OH)–C–C–N with tert-alkyl or cyclic N) is 1. The van der Waals surface area contributed by atoms with Crippen molar-refractivity contribution in [2.24, 2.45) is 5.18 Å². The van der Waals surface area contributed by atoms with Crippen molar-refractivity contribution in [3.63, 3.8) is 0 Å². The molecule has 1 aliphatic rings. The normalized spacial score (nSPS) is 42.6. The zero-order valence-corrected chi connectivity index (χ0v) is 6.42. The van der Waals surface area contributed by atoms with Gasteiger partial charge in [0, 0.05) is 6.54 Å². The zero-order valence-electron chi connectivity index (χ0n) is 6.42. The fourth-order valence-corrected chi connectivity index (χ4v) is 1.29. The van der Waals surface area contributed by atoms with Crippen LogP contribution in [0.3, 0.4) is 0 Å². The first kappa shape index (κ1) is 9.53. The Hall–Kier alpha value is -0.560. The first-order valence-corrected chi connectivity index (χ1v) is 3.73. The van der Waals surface area contributed by atoms with Crippen LogP contribution in [0.2, 0.25) is 0 Å². The van der Waals surface area contributed by atoms with Gasteiger partial charge in [-0.15, -0.1) is 0 Å². The molecule has 0 aliphatic carbocycles. The Morgan fingerprint density at radius 1 is 1.50 bits per heavy atom. The van der Waals surface area contributed by atoms with Crippen molar-refractivity contribution in [3.8, 4) is 0 Å². The number of rotatable bonds is 2. The van der Waals surface area contributed by atoms with Crippen LogP contribution >= 0.6 is 0 Å². The molecule has 0 radical (unpaired) electrons. The number of nitrogens with zero attached hydrogens (tertiary/aromatic N) is 1. The fourth-order valence-electron chi connectivity index (χ4n) is 1.29. The lowest BCUT2D eigenvalue weighted by Crippen LogP contribution is -2.60. The van der Waals surface area contributed by atoms with E-state index in [1.165, 1.54) is 0 Å². The van der Waals surface area contributed by atoms with Crippen LogP contribution in [0.1, 0.15) is 0 Å². The van der Waals surface area contributed by atoms with E-state index in [-0.39, 0.29) is 13.2 Å². The number of nitrogens with one attached hydrogen (secondary N) is 1. The minimum atomic E-state index is -1.18. The minimum absolute atomic E-state index is 0.165. The largest absolute Gasteiger partial charge is 0.395 e. The number of nitroso groups, excluding NO2 is 1. The van der Waals surface area contributed by atoms with E-state index in [4.69, 9.17) is 10.2 Å². The van der Waals surface area contributed by atoms with E-state index in [0.717, 1.165) is 0 Å². The second kappa shape index (κ2) is 3.90. The Kier molecular flexibility index (Phi) is 3.10. The van der Waals surface area contributed by atoms with Gasteiger partial charge in [0.1, 0.15) is 12.1 Å². The van der Waals surface area contributed by atoms with E-state index in [1.807, 2.05) is 0 Å². The van der Waals surface area contributed by atoms with Crippen molar-refractivity contribution in [3.05, 3.63) is 4.91 Å². The second-order valence-electron chi connectivity index (χ2n) is 2.85. The van der Waals surface area contributed by atoms with Crippen LogP contribution in [-0.4, -0.2) is 52.8 Å². The maximum absolute atomic E-state index is 10.2. The highest BCUT2D eigenvalue weighted by atomic mass is 16.3. The lowest BCUT2D eigenvalue weighted by molar-refractivity contribution is -0.0317. The summed E-state index contributed by atoms with van der Waals surface area (Å²) in [7, 11) is 0.